The van der Waals surface area contributed by atoms with Gasteiger partial charge in [0.25, 0.3) is 0 Å². The van der Waals surface area contributed by atoms with Crippen LogP contribution in [0.1, 0.15) is 43.4 Å². The van der Waals surface area contributed by atoms with Gasteiger partial charge in [0.05, 0.1) is 0 Å². The van der Waals surface area contributed by atoms with Crippen LogP contribution in [0.3, 0.4) is 0 Å². The summed E-state index contributed by atoms with van der Waals surface area (Å²) in [6.07, 6.45) is 2.47. The summed E-state index contributed by atoms with van der Waals surface area (Å²) in [6, 6.07) is 18.6. The Hall–Kier alpha value is -2.55. The maximum absolute atomic E-state index is 13.0. The molecule has 0 bridgehead atoms. The van der Waals surface area contributed by atoms with Gasteiger partial charge in [0.2, 0.25) is 0 Å². The van der Waals surface area contributed by atoms with Gasteiger partial charge in [-0.15, -0.1) is 6.58 Å². The number of nitrogens with zero attached hydrogens (tertiary/aromatic N) is 1. The van der Waals surface area contributed by atoms with E-state index in [1.165, 1.54) is 11.1 Å². The van der Waals surface area contributed by atoms with E-state index in [-0.39, 0.29) is 18.1 Å². The molecule has 3 heteroatoms. The lowest BCUT2D eigenvalue weighted by atomic mass is 9.81. The maximum atomic E-state index is 13.0. The first-order valence-electron chi connectivity index (χ1n) is 9.13. The van der Waals surface area contributed by atoms with Crippen molar-refractivity contribution in [1.29, 1.82) is 0 Å². The van der Waals surface area contributed by atoms with E-state index >= 15 is 0 Å². The predicted molar refractivity (Wildman–Crippen MR) is 105 cm³/mol. The van der Waals surface area contributed by atoms with Gasteiger partial charge < -0.3 is 4.74 Å². The first-order valence-corrected chi connectivity index (χ1v) is 9.13. The molecule has 2 aromatic rings. The van der Waals surface area contributed by atoms with Crippen LogP contribution in [-0.2, 0) is 17.7 Å². The molecule has 26 heavy (non-hydrogen) atoms. The Bertz CT molecular complexity index is 776. The summed E-state index contributed by atoms with van der Waals surface area (Å²) >= 11 is 0. The molecule has 3 rings (SSSR count). The van der Waals surface area contributed by atoms with E-state index in [0.717, 1.165) is 12.0 Å². The summed E-state index contributed by atoms with van der Waals surface area (Å²) in [6.45, 7) is 10.3. The van der Waals surface area contributed by atoms with Gasteiger partial charge in [0.15, 0.2) is 0 Å². The van der Waals surface area contributed by atoms with E-state index in [1.807, 2.05) is 56.0 Å². The number of benzene rings is 2. The fourth-order valence-electron chi connectivity index (χ4n) is 3.60. The monoisotopic (exact) mass is 349 g/mol. The molecule has 136 valence electrons. The minimum atomic E-state index is -0.519. The molecular formula is C23H27NO2. The lowest BCUT2D eigenvalue weighted by Gasteiger charge is -2.42. The van der Waals surface area contributed by atoms with Crippen molar-refractivity contribution in [2.75, 3.05) is 0 Å². The predicted octanol–water partition coefficient (Wildman–Crippen LogP) is 5.32. The van der Waals surface area contributed by atoms with E-state index < -0.39 is 5.60 Å². The van der Waals surface area contributed by atoms with Gasteiger partial charge in [-0.3, -0.25) is 4.90 Å². The molecule has 0 aromatic heterocycles. The first-order chi connectivity index (χ1) is 12.4. The second-order valence-electron chi connectivity index (χ2n) is 7.83. The molecule has 3 nitrogen and oxygen atoms in total. The Kier molecular flexibility index (Phi) is 5.17. The molecule has 0 unspecified atom stereocenters. The molecule has 0 aliphatic carbocycles. The van der Waals surface area contributed by atoms with Crippen LogP contribution in [0.4, 0.5) is 4.79 Å². The minimum absolute atomic E-state index is 0.0142. The Morgan fingerprint density at radius 3 is 2.46 bits per heavy atom. The zero-order valence-corrected chi connectivity index (χ0v) is 15.8. The average molecular weight is 349 g/mol. The number of hydrogen-bond donors (Lipinski definition) is 0. The molecule has 1 amide bonds. The van der Waals surface area contributed by atoms with Crippen LogP contribution >= 0.6 is 0 Å². The molecule has 0 spiro atoms. The van der Waals surface area contributed by atoms with Crippen molar-refractivity contribution in [3.63, 3.8) is 0 Å². The highest BCUT2D eigenvalue weighted by Crippen LogP contribution is 2.36. The number of fused-ring (bicyclic) bond motifs is 1. The van der Waals surface area contributed by atoms with Crippen LogP contribution in [0.2, 0.25) is 0 Å². The van der Waals surface area contributed by atoms with Crippen molar-refractivity contribution in [3.8, 4) is 0 Å². The van der Waals surface area contributed by atoms with E-state index in [2.05, 4.69) is 36.9 Å². The first kappa shape index (κ1) is 18.2. The Morgan fingerprint density at radius 2 is 1.81 bits per heavy atom. The number of carbonyl (C=O) groups is 1. The van der Waals surface area contributed by atoms with Crippen molar-refractivity contribution >= 4 is 6.09 Å². The van der Waals surface area contributed by atoms with Crippen LogP contribution in [-0.4, -0.2) is 22.6 Å². The van der Waals surface area contributed by atoms with Crippen LogP contribution in [0, 0.1) is 0 Å². The van der Waals surface area contributed by atoms with Gasteiger partial charge in [0.1, 0.15) is 5.60 Å². The van der Waals surface area contributed by atoms with E-state index in [0.29, 0.717) is 6.54 Å². The van der Waals surface area contributed by atoms with Crippen LogP contribution < -0.4 is 0 Å². The van der Waals surface area contributed by atoms with Gasteiger partial charge in [-0.2, -0.15) is 0 Å². The van der Waals surface area contributed by atoms with Crippen molar-refractivity contribution in [3.05, 3.63) is 83.9 Å². The van der Waals surface area contributed by atoms with Crippen molar-refractivity contribution in [2.24, 2.45) is 0 Å². The average Bonchev–Trinajstić information content (AvgIpc) is 2.60. The highest BCUT2D eigenvalue weighted by atomic mass is 16.6. The smallest absolute Gasteiger partial charge is 0.410 e. The van der Waals surface area contributed by atoms with Crippen LogP contribution in [0.25, 0.3) is 0 Å². The van der Waals surface area contributed by atoms with Crippen LogP contribution in [0.15, 0.2) is 67.3 Å². The summed E-state index contributed by atoms with van der Waals surface area (Å²) in [5.41, 5.74) is 3.10. The quantitative estimate of drug-likeness (QED) is 0.702. The zero-order valence-electron chi connectivity index (χ0n) is 15.8. The van der Waals surface area contributed by atoms with Gasteiger partial charge in [-0.25, -0.2) is 4.79 Å². The van der Waals surface area contributed by atoms with Crippen molar-refractivity contribution in [2.45, 2.75) is 51.3 Å². The lowest BCUT2D eigenvalue weighted by Crippen LogP contribution is -2.49. The van der Waals surface area contributed by atoms with Gasteiger partial charge in [-0.1, -0.05) is 60.7 Å². The standard InChI is InChI=1S/C23H27NO2/c1-5-19-20-14-10-9-13-18(20)16-24(22(25)26-23(2,3)4)21(19)15-17-11-7-6-8-12-17/h5-14,19,21H,1,15-16H2,2-4H3/t19-,21-/m0/s1. The molecule has 1 heterocycles. The third-order valence-corrected chi connectivity index (χ3v) is 4.74. The molecule has 1 aliphatic heterocycles. The number of rotatable bonds is 3. The third-order valence-electron chi connectivity index (χ3n) is 4.74. The zero-order chi connectivity index (χ0) is 18.7. The van der Waals surface area contributed by atoms with Gasteiger partial charge in [0, 0.05) is 18.5 Å². The Labute approximate surface area is 156 Å². The molecule has 0 radical (unpaired) electrons. The molecular weight excluding hydrogens is 322 g/mol. The molecule has 0 saturated heterocycles. The Morgan fingerprint density at radius 1 is 1.15 bits per heavy atom. The fraction of sp³-hybridized carbons (Fsp3) is 0.348. The van der Waals surface area contributed by atoms with E-state index in [9.17, 15) is 4.79 Å². The van der Waals surface area contributed by atoms with E-state index in [4.69, 9.17) is 4.74 Å². The second-order valence-corrected chi connectivity index (χ2v) is 7.83. The molecule has 0 N–H and O–H groups in total. The number of ether oxygens (including phenoxy) is 1. The molecule has 0 saturated carbocycles. The summed E-state index contributed by atoms with van der Waals surface area (Å²) in [5.74, 6) is 0.0766. The molecule has 2 aromatic carbocycles. The Balaban J connectivity index is 1.98. The topological polar surface area (TPSA) is 29.5 Å². The minimum Gasteiger partial charge on any atom is -0.444 e. The van der Waals surface area contributed by atoms with Crippen molar-refractivity contribution in [1.82, 2.24) is 4.90 Å². The highest BCUT2D eigenvalue weighted by Gasteiger charge is 2.37. The largest absolute Gasteiger partial charge is 0.444 e. The SMILES string of the molecule is C=C[C@H]1c2ccccc2CN(C(=O)OC(C)(C)C)[C@H]1Cc1ccccc1. The highest BCUT2D eigenvalue weighted by molar-refractivity contribution is 5.70. The lowest BCUT2D eigenvalue weighted by molar-refractivity contribution is 0.0101. The number of hydrogen-bond acceptors (Lipinski definition) is 2. The van der Waals surface area contributed by atoms with Crippen molar-refractivity contribution < 1.29 is 9.53 Å². The molecule has 0 fully saturated rings. The summed E-state index contributed by atoms with van der Waals surface area (Å²) in [5, 5.41) is 0. The second kappa shape index (κ2) is 7.36. The van der Waals surface area contributed by atoms with E-state index in [1.54, 1.807) is 0 Å². The van der Waals surface area contributed by atoms with Gasteiger partial charge >= 0.3 is 6.09 Å². The summed E-state index contributed by atoms with van der Waals surface area (Å²) in [4.78, 5) is 14.8. The van der Waals surface area contributed by atoms with Crippen LogP contribution in [0.5, 0.6) is 0 Å². The maximum Gasteiger partial charge on any atom is 0.410 e. The fourth-order valence-corrected chi connectivity index (χ4v) is 3.60. The third kappa shape index (κ3) is 3.98. The number of amides is 1. The molecule has 2 atom stereocenters. The molecule has 1 aliphatic rings. The number of carbonyl (C=O) groups excluding carboxylic acids is 1. The summed E-state index contributed by atoms with van der Waals surface area (Å²) < 4.78 is 5.71. The van der Waals surface area contributed by atoms with Gasteiger partial charge in [-0.05, 0) is 43.9 Å². The summed E-state index contributed by atoms with van der Waals surface area (Å²) in [7, 11) is 0. The normalized spacial score (nSPS) is 19.6.